The number of ether oxygens (including phenoxy) is 2. The summed E-state index contributed by atoms with van der Waals surface area (Å²) in [7, 11) is 2.89. The van der Waals surface area contributed by atoms with E-state index in [0.29, 0.717) is 22.5 Å². The minimum atomic E-state index is -0.938. The van der Waals surface area contributed by atoms with Crippen molar-refractivity contribution >= 4 is 22.5 Å². The number of benzene rings is 4. The molecule has 0 saturated heterocycles. The van der Waals surface area contributed by atoms with Crippen molar-refractivity contribution in [1.82, 2.24) is 4.57 Å². The Morgan fingerprint density at radius 3 is 1.92 bits per heavy atom. The first-order valence-corrected chi connectivity index (χ1v) is 11.5. The van der Waals surface area contributed by atoms with Crippen LogP contribution >= 0.6 is 0 Å². The summed E-state index contributed by atoms with van der Waals surface area (Å²) in [5.74, 6) is -2.44. The quantitative estimate of drug-likeness (QED) is 0.202. The van der Waals surface area contributed by atoms with Gasteiger partial charge in [0.05, 0.1) is 36.4 Å². The Balaban J connectivity index is 1.82. The molecule has 0 aliphatic carbocycles. The van der Waals surface area contributed by atoms with Gasteiger partial charge >= 0.3 is 0 Å². The van der Waals surface area contributed by atoms with Crippen LogP contribution in [0, 0.1) is 11.6 Å². The number of nitrogens with zero attached hydrogens (tertiary/aromatic N) is 1. The van der Waals surface area contributed by atoms with E-state index < -0.39 is 23.2 Å². The SMILES string of the molecule is COc1ccc(-n2c(-c3ccc(F)cc3)c(O)c3c(C(=O)C(=O)c4ccc(F)cc4)c(OC)ccc32)cc1. The van der Waals surface area contributed by atoms with Gasteiger partial charge in [-0.05, 0) is 84.9 Å². The second-order valence-electron chi connectivity index (χ2n) is 8.44. The van der Waals surface area contributed by atoms with Gasteiger partial charge in [-0.3, -0.25) is 9.59 Å². The van der Waals surface area contributed by atoms with E-state index in [1.165, 1.54) is 56.7 Å². The number of methoxy groups -OCH3 is 2. The molecule has 0 saturated carbocycles. The summed E-state index contributed by atoms with van der Waals surface area (Å²) in [5.41, 5.74) is 1.61. The van der Waals surface area contributed by atoms with Crippen LogP contribution in [0.15, 0.2) is 84.9 Å². The predicted octanol–water partition coefficient (Wildman–Crippen LogP) is 6.36. The molecule has 5 rings (SSSR count). The van der Waals surface area contributed by atoms with Crippen LogP contribution in [-0.2, 0) is 0 Å². The number of aromatic nitrogens is 1. The molecule has 0 fully saturated rings. The van der Waals surface area contributed by atoms with E-state index in [0.717, 1.165) is 12.1 Å². The number of aromatic hydroxyl groups is 1. The normalized spacial score (nSPS) is 10.9. The fourth-order valence-electron chi connectivity index (χ4n) is 4.46. The van der Waals surface area contributed by atoms with Crippen LogP contribution in [0.4, 0.5) is 8.78 Å². The van der Waals surface area contributed by atoms with E-state index in [4.69, 9.17) is 9.47 Å². The van der Waals surface area contributed by atoms with Gasteiger partial charge in [0.15, 0.2) is 0 Å². The van der Waals surface area contributed by atoms with Gasteiger partial charge in [0, 0.05) is 16.8 Å². The molecule has 38 heavy (non-hydrogen) atoms. The lowest BCUT2D eigenvalue weighted by molar-refractivity contribution is 0.0816. The Morgan fingerprint density at radius 2 is 1.34 bits per heavy atom. The third-order valence-electron chi connectivity index (χ3n) is 6.28. The van der Waals surface area contributed by atoms with Gasteiger partial charge in [-0.15, -0.1) is 0 Å². The highest BCUT2D eigenvalue weighted by Gasteiger charge is 2.30. The molecule has 0 atom stereocenters. The molecule has 0 radical (unpaired) electrons. The van der Waals surface area contributed by atoms with Crippen LogP contribution in [0.25, 0.3) is 27.8 Å². The van der Waals surface area contributed by atoms with Gasteiger partial charge in [-0.1, -0.05) is 0 Å². The molecule has 1 heterocycles. The van der Waals surface area contributed by atoms with Crippen LogP contribution in [0.1, 0.15) is 20.7 Å². The van der Waals surface area contributed by atoms with Crippen LogP contribution in [0.3, 0.4) is 0 Å². The van der Waals surface area contributed by atoms with Crippen LogP contribution in [0.2, 0.25) is 0 Å². The van der Waals surface area contributed by atoms with E-state index >= 15 is 0 Å². The summed E-state index contributed by atoms with van der Waals surface area (Å²) < 4.78 is 39.6. The van der Waals surface area contributed by atoms with Crippen LogP contribution in [0.5, 0.6) is 17.2 Å². The molecule has 4 aromatic carbocycles. The van der Waals surface area contributed by atoms with E-state index in [-0.39, 0.29) is 33.7 Å². The molecule has 0 aliphatic heterocycles. The highest BCUT2D eigenvalue weighted by Crippen LogP contribution is 2.45. The summed E-state index contributed by atoms with van der Waals surface area (Å²) >= 11 is 0. The summed E-state index contributed by atoms with van der Waals surface area (Å²) in [6.45, 7) is 0. The molecule has 190 valence electrons. The van der Waals surface area contributed by atoms with Crippen molar-refractivity contribution in [2.45, 2.75) is 0 Å². The van der Waals surface area contributed by atoms with Gasteiger partial charge in [0.25, 0.3) is 0 Å². The van der Waals surface area contributed by atoms with Crippen LogP contribution < -0.4 is 9.47 Å². The van der Waals surface area contributed by atoms with Crippen molar-refractivity contribution in [1.29, 1.82) is 0 Å². The number of hydrogen-bond acceptors (Lipinski definition) is 5. The van der Waals surface area contributed by atoms with E-state index in [2.05, 4.69) is 0 Å². The first-order chi connectivity index (χ1) is 18.3. The predicted molar refractivity (Wildman–Crippen MR) is 138 cm³/mol. The molecule has 0 amide bonds. The van der Waals surface area contributed by atoms with E-state index in [1.807, 2.05) is 0 Å². The molecule has 6 nitrogen and oxygen atoms in total. The molecule has 8 heteroatoms. The minimum Gasteiger partial charge on any atom is -0.505 e. The molecule has 1 aromatic heterocycles. The van der Waals surface area contributed by atoms with E-state index in [9.17, 15) is 23.5 Å². The van der Waals surface area contributed by atoms with Crippen molar-refractivity contribution in [3.8, 4) is 34.2 Å². The summed E-state index contributed by atoms with van der Waals surface area (Å²) in [6.07, 6.45) is 0. The molecular weight excluding hydrogens is 492 g/mol. The largest absolute Gasteiger partial charge is 0.505 e. The molecule has 1 N–H and O–H groups in total. The summed E-state index contributed by atoms with van der Waals surface area (Å²) in [5, 5.41) is 11.7. The van der Waals surface area contributed by atoms with Gasteiger partial charge in [-0.2, -0.15) is 0 Å². The molecule has 0 aliphatic rings. The zero-order valence-electron chi connectivity index (χ0n) is 20.4. The topological polar surface area (TPSA) is 77.8 Å². The monoisotopic (exact) mass is 513 g/mol. The average molecular weight is 513 g/mol. The lowest BCUT2D eigenvalue weighted by Gasteiger charge is -2.13. The lowest BCUT2D eigenvalue weighted by Crippen LogP contribution is -2.16. The number of halogens is 2. The fraction of sp³-hybridized carbons (Fsp3) is 0.0667. The van der Waals surface area contributed by atoms with Gasteiger partial charge in [-0.25, -0.2) is 8.78 Å². The van der Waals surface area contributed by atoms with Gasteiger partial charge < -0.3 is 19.1 Å². The van der Waals surface area contributed by atoms with Crippen molar-refractivity contribution in [3.05, 3.63) is 108 Å². The Labute approximate surface area is 216 Å². The fourth-order valence-corrected chi connectivity index (χ4v) is 4.46. The second-order valence-corrected chi connectivity index (χ2v) is 8.44. The summed E-state index contributed by atoms with van der Waals surface area (Å²) in [6, 6.07) is 20.3. The van der Waals surface area contributed by atoms with Crippen molar-refractivity contribution in [2.75, 3.05) is 14.2 Å². The minimum absolute atomic E-state index is 0.0108. The summed E-state index contributed by atoms with van der Waals surface area (Å²) in [4.78, 5) is 26.7. The molecule has 0 unspecified atom stereocenters. The highest BCUT2D eigenvalue weighted by atomic mass is 19.1. The van der Waals surface area contributed by atoms with Gasteiger partial charge in [0.2, 0.25) is 11.6 Å². The maximum absolute atomic E-state index is 13.8. The Kier molecular flexibility index (Phi) is 6.38. The number of carbonyl (C=O) groups is 2. The van der Waals surface area contributed by atoms with Gasteiger partial charge in [0.1, 0.15) is 28.9 Å². The zero-order valence-corrected chi connectivity index (χ0v) is 20.4. The number of hydrogen-bond donors (Lipinski definition) is 1. The maximum atomic E-state index is 13.8. The lowest BCUT2D eigenvalue weighted by atomic mass is 9.97. The Bertz CT molecular complexity index is 1670. The molecule has 5 aromatic rings. The number of Topliss-reactive ketones (excluding diaryl/α,β-unsaturated/α-hetero) is 2. The van der Waals surface area contributed by atoms with E-state index in [1.54, 1.807) is 34.9 Å². The number of fused-ring (bicyclic) bond motifs is 1. The third kappa shape index (κ3) is 4.16. The molecular formula is C30H21F2NO5. The van der Waals surface area contributed by atoms with Crippen LogP contribution in [-0.4, -0.2) is 35.5 Å². The van der Waals surface area contributed by atoms with Crippen molar-refractivity contribution in [3.63, 3.8) is 0 Å². The average Bonchev–Trinajstić information content (AvgIpc) is 3.24. The molecule has 0 bridgehead atoms. The third-order valence-corrected chi connectivity index (χ3v) is 6.28. The standard InChI is InChI=1S/C30H21F2NO5/c1-37-22-13-11-21(12-14-22)33-23-15-16-24(38-2)26(30(36)28(34)18-5-9-20(32)10-6-18)25(23)29(35)27(33)17-3-7-19(31)8-4-17/h3-16,35H,1-2H3. The molecule has 0 spiro atoms. The first-order valence-electron chi connectivity index (χ1n) is 11.5. The zero-order chi connectivity index (χ0) is 27.0. The number of carbonyl (C=O) groups excluding carboxylic acids is 2. The smallest absolute Gasteiger partial charge is 0.238 e. The first kappa shape index (κ1) is 24.7. The maximum Gasteiger partial charge on any atom is 0.238 e. The highest BCUT2D eigenvalue weighted by molar-refractivity contribution is 6.51. The van der Waals surface area contributed by atoms with Crippen molar-refractivity contribution in [2.24, 2.45) is 0 Å². The number of ketones is 2. The Hall–Kier alpha value is -4.98. The number of rotatable bonds is 7. The Morgan fingerprint density at radius 1 is 0.737 bits per heavy atom. The van der Waals surface area contributed by atoms with Crippen molar-refractivity contribution < 1.29 is 33.0 Å². The second kappa shape index (κ2) is 9.82.